The molecule has 2 N–H and O–H groups in total. The Bertz CT molecular complexity index is 523. The fraction of sp³-hybridized carbons (Fsp3) is 0.500. The van der Waals surface area contributed by atoms with Crippen LogP contribution in [0.3, 0.4) is 0 Å². The molecule has 4 heteroatoms. The van der Waals surface area contributed by atoms with Crippen LogP contribution in [0.25, 0.3) is 11.2 Å². The van der Waals surface area contributed by atoms with Crippen molar-refractivity contribution in [1.29, 1.82) is 0 Å². The van der Waals surface area contributed by atoms with Gasteiger partial charge in [-0.05, 0) is 25.0 Å². The minimum atomic E-state index is 0.563. The van der Waals surface area contributed by atoms with E-state index >= 15 is 0 Å². The number of nitrogen functional groups attached to an aromatic ring is 1. The largest absolute Gasteiger partial charge is 0.384 e. The molecule has 0 aromatic carbocycles. The van der Waals surface area contributed by atoms with E-state index in [9.17, 15) is 0 Å². The summed E-state index contributed by atoms with van der Waals surface area (Å²) in [6.07, 6.45) is 5.16. The number of rotatable bonds is 1. The van der Waals surface area contributed by atoms with Gasteiger partial charge in [-0.1, -0.05) is 12.8 Å². The predicted molar refractivity (Wildman–Crippen MR) is 64.1 cm³/mol. The molecule has 0 unspecified atom stereocenters. The molecule has 0 saturated heterocycles. The van der Waals surface area contributed by atoms with Gasteiger partial charge < -0.3 is 10.3 Å². The summed E-state index contributed by atoms with van der Waals surface area (Å²) in [4.78, 5) is 9.03. The number of nitrogens with zero attached hydrogens (tertiary/aromatic N) is 3. The lowest BCUT2D eigenvalue weighted by molar-refractivity contribution is 0.637. The maximum absolute atomic E-state index is 5.70. The molecule has 16 heavy (non-hydrogen) atoms. The van der Waals surface area contributed by atoms with E-state index in [-0.39, 0.29) is 0 Å². The summed E-state index contributed by atoms with van der Waals surface area (Å²) in [6.45, 7) is 0. The highest BCUT2D eigenvalue weighted by Gasteiger charge is 2.22. The summed E-state index contributed by atoms with van der Waals surface area (Å²) in [5.41, 5.74) is 7.56. The Morgan fingerprint density at radius 1 is 1.25 bits per heavy atom. The van der Waals surface area contributed by atoms with Gasteiger partial charge in [0.1, 0.15) is 17.2 Å². The lowest BCUT2D eigenvalue weighted by atomic mass is 10.1. The number of hydrogen-bond donors (Lipinski definition) is 1. The molecule has 2 aromatic heterocycles. The zero-order valence-corrected chi connectivity index (χ0v) is 9.48. The van der Waals surface area contributed by atoms with Gasteiger partial charge in [0.05, 0.1) is 0 Å². The summed E-state index contributed by atoms with van der Waals surface area (Å²) in [5, 5.41) is 0. The fourth-order valence-corrected chi connectivity index (χ4v) is 2.65. The molecule has 4 nitrogen and oxygen atoms in total. The van der Waals surface area contributed by atoms with Crippen molar-refractivity contribution in [2.45, 2.75) is 31.6 Å². The number of aromatic nitrogens is 3. The van der Waals surface area contributed by atoms with Crippen molar-refractivity contribution in [3.63, 3.8) is 0 Å². The third kappa shape index (κ3) is 1.37. The first-order valence-electron chi connectivity index (χ1n) is 5.84. The highest BCUT2D eigenvalue weighted by Crippen LogP contribution is 2.34. The van der Waals surface area contributed by atoms with Crippen LogP contribution >= 0.6 is 0 Å². The van der Waals surface area contributed by atoms with Crippen molar-refractivity contribution in [1.82, 2.24) is 14.5 Å². The topological polar surface area (TPSA) is 56.7 Å². The van der Waals surface area contributed by atoms with Gasteiger partial charge in [0.25, 0.3) is 0 Å². The molecule has 3 rings (SSSR count). The number of anilines is 1. The molecule has 1 saturated carbocycles. The van der Waals surface area contributed by atoms with Crippen LogP contribution in [-0.4, -0.2) is 14.5 Å². The Hall–Kier alpha value is -1.58. The van der Waals surface area contributed by atoms with Crippen LogP contribution in [0, 0.1) is 0 Å². The van der Waals surface area contributed by atoms with E-state index in [4.69, 9.17) is 5.73 Å². The first kappa shape index (κ1) is 9.63. The number of imidazole rings is 1. The lowest BCUT2D eigenvalue weighted by Crippen LogP contribution is -2.03. The monoisotopic (exact) mass is 216 g/mol. The summed E-state index contributed by atoms with van der Waals surface area (Å²) < 4.78 is 2.10. The molecule has 0 atom stereocenters. The summed E-state index contributed by atoms with van der Waals surface area (Å²) in [5.74, 6) is 2.35. The second-order valence-electron chi connectivity index (χ2n) is 4.59. The smallest absolute Gasteiger partial charge is 0.162 e. The number of fused-ring (bicyclic) bond motifs is 1. The Kier molecular flexibility index (Phi) is 2.09. The molecule has 1 aliphatic carbocycles. The zero-order valence-electron chi connectivity index (χ0n) is 9.48. The normalized spacial score (nSPS) is 17.3. The van der Waals surface area contributed by atoms with Crippen molar-refractivity contribution < 1.29 is 0 Å². The first-order chi connectivity index (χ1) is 7.75. The molecule has 2 aromatic rings. The molecule has 0 radical (unpaired) electrons. The van der Waals surface area contributed by atoms with Crippen molar-refractivity contribution >= 4 is 17.0 Å². The Morgan fingerprint density at radius 3 is 2.75 bits per heavy atom. The van der Waals surface area contributed by atoms with Gasteiger partial charge in [-0.3, -0.25) is 0 Å². The molecule has 0 spiro atoms. The van der Waals surface area contributed by atoms with Gasteiger partial charge in [-0.25, -0.2) is 9.97 Å². The Labute approximate surface area is 94.5 Å². The number of nitrogens with two attached hydrogens (primary N) is 1. The van der Waals surface area contributed by atoms with Crippen molar-refractivity contribution in [3.05, 3.63) is 18.0 Å². The molecular weight excluding hydrogens is 200 g/mol. The highest BCUT2D eigenvalue weighted by molar-refractivity contribution is 5.73. The molecule has 1 fully saturated rings. The Balaban J connectivity index is 2.15. The van der Waals surface area contributed by atoms with Crippen molar-refractivity contribution in [2.75, 3.05) is 5.73 Å². The van der Waals surface area contributed by atoms with Crippen molar-refractivity contribution in [2.24, 2.45) is 7.05 Å². The molecule has 1 aliphatic rings. The van der Waals surface area contributed by atoms with E-state index in [1.54, 1.807) is 0 Å². The third-order valence-electron chi connectivity index (χ3n) is 3.49. The number of hydrogen-bond acceptors (Lipinski definition) is 3. The average molecular weight is 216 g/mol. The van der Waals surface area contributed by atoms with E-state index in [0.29, 0.717) is 11.7 Å². The Morgan fingerprint density at radius 2 is 2.00 bits per heavy atom. The van der Waals surface area contributed by atoms with E-state index in [0.717, 1.165) is 11.2 Å². The van der Waals surface area contributed by atoms with Crippen molar-refractivity contribution in [3.8, 4) is 0 Å². The van der Waals surface area contributed by atoms with E-state index < -0.39 is 0 Å². The maximum Gasteiger partial charge on any atom is 0.162 e. The van der Waals surface area contributed by atoms with Gasteiger partial charge in [-0.2, -0.15) is 0 Å². The first-order valence-corrected chi connectivity index (χ1v) is 5.84. The van der Waals surface area contributed by atoms with E-state index in [1.807, 2.05) is 19.2 Å². The van der Waals surface area contributed by atoms with Gasteiger partial charge in [0, 0.05) is 13.0 Å². The molecule has 0 bridgehead atoms. The van der Waals surface area contributed by atoms with Crippen LogP contribution in [0.1, 0.15) is 37.4 Å². The lowest BCUT2D eigenvalue weighted by Gasteiger charge is -2.08. The van der Waals surface area contributed by atoms with Gasteiger partial charge in [-0.15, -0.1) is 0 Å². The van der Waals surface area contributed by atoms with E-state index in [2.05, 4.69) is 14.5 Å². The van der Waals surface area contributed by atoms with Crippen LogP contribution in [0.4, 0.5) is 5.82 Å². The minimum absolute atomic E-state index is 0.563. The second-order valence-corrected chi connectivity index (χ2v) is 4.59. The minimum Gasteiger partial charge on any atom is -0.384 e. The van der Waals surface area contributed by atoms with Crippen LogP contribution < -0.4 is 5.73 Å². The fourth-order valence-electron chi connectivity index (χ4n) is 2.65. The molecule has 2 heterocycles. The highest BCUT2D eigenvalue weighted by atomic mass is 15.1. The van der Waals surface area contributed by atoms with Gasteiger partial charge >= 0.3 is 0 Å². The molecule has 0 aliphatic heterocycles. The van der Waals surface area contributed by atoms with Crippen LogP contribution in [0.15, 0.2) is 12.1 Å². The predicted octanol–water partition coefficient (Wildman–Crippen LogP) is 2.21. The molecular formula is C12H16N4. The quantitative estimate of drug-likeness (QED) is 0.795. The van der Waals surface area contributed by atoms with E-state index in [1.165, 1.54) is 31.5 Å². The summed E-state index contributed by atoms with van der Waals surface area (Å²) in [7, 11) is 2.04. The molecule has 0 amide bonds. The SMILES string of the molecule is Cn1c(C2CCCC2)nc2ccc(N)nc21. The summed E-state index contributed by atoms with van der Waals surface area (Å²) in [6, 6.07) is 3.77. The zero-order chi connectivity index (χ0) is 11.1. The number of pyridine rings is 1. The van der Waals surface area contributed by atoms with Gasteiger partial charge in [0.2, 0.25) is 0 Å². The number of aryl methyl sites for hydroxylation is 1. The van der Waals surface area contributed by atoms with Gasteiger partial charge in [0.15, 0.2) is 5.65 Å². The second kappa shape index (κ2) is 3.47. The average Bonchev–Trinajstić information content (AvgIpc) is 2.87. The van der Waals surface area contributed by atoms with Crippen LogP contribution in [0.5, 0.6) is 0 Å². The van der Waals surface area contributed by atoms with Crippen LogP contribution in [0.2, 0.25) is 0 Å². The summed E-state index contributed by atoms with van der Waals surface area (Å²) >= 11 is 0. The maximum atomic E-state index is 5.70. The molecule has 84 valence electrons. The van der Waals surface area contributed by atoms with Crippen LogP contribution in [-0.2, 0) is 7.05 Å². The standard InChI is InChI=1S/C12H16N4/c1-16-11(8-4-2-3-5-8)14-9-6-7-10(13)15-12(9)16/h6-8H,2-5H2,1H3,(H2,13,15). The third-order valence-corrected chi connectivity index (χ3v) is 3.49.